The molecule has 0 aliphatic carbocycles. The number of nitrogen functional groups attached to an aromatic ring is 1. The molecule has 3 rings (SSSR count). The van der Waals surface area contributed by atoms with Crippen molar-refractivity contribution in [3.05, 3.63) is 52.7 Å². The number of hydrogen-bond donors (Lipinski definition) is 1. The predicted molar refractivity (Wildman–Crippen MR) is 93.8 cm³/mol. The fourth-order valence-corrected chi connectivity index (χ4v) is 3.20. The van der Waals surface area contributed by atoms with E-state index in [1.165, 1.54) is 5.56 Å². The highest BCUT2D eigenvalue weighted by Crippen LogP contribution is 2.32. The molecule has 2 N–H and O–H groups in total. The van der Waals surface area contributed by atoms with E-state index >= 15 is 0 Å². The summed E-state index contributed by atoms with van der Waals surface area (Å²) in [4.78, 5) is 9.06. The van der Waals surface area contributed by atoms with Gasteiger partial charge < -0.3 is 5.73 Å². The maximum atomic E-state index is 5.98. The summed E-state index contributed by atoms with van der Waals surface area (Å²) in [5, 5.41) is 4.19. The lowest BCUT2D eigenvalue weighted by molar-refractivity contribution is 0.791. The van der Waals surface area contributed by atoms with Gasteiger partial charge in [-0.1, -0.05) is 43.7 Å². The van der Waals surface area contributed by atoms with Crippen molar-refractivity contribution in [1.29, 1.82) is 0 Å². The first-order chi connectivity index (χ1) is 10.8. The van der Waals surface area contributed by atoms with E-state index in [1.807, 2.05) is 18.2 Å². The Kier molecular flexibility index (Phi) is 4.49. The average molecular weight is 309 g/mol. The van der Waals surface area contributed by atoms with Crippen LogP contribution in [0.4, 0.5) is 5.95 Å². The maximum Gasteiger partial charge on any atom is 0.221 e. The van der Waals surface area contributed by atoms with E-state index in [0.29, 0.717) is 5.95 Å². The van der Waals surface area contributed by atoms with Gasteiger partial charge in [-0.15, -0.1) is 0 Å². The molecule has 0 unspecified atom stereocenters. The molecular weight excluding hydrogens is 290 g/mol. The third-order valence-electron chi connectivity index (χ3n) is 3.65. The summed E-state index contributed by atoms with van der Waals surface area (Å²) in [7, 11) is 0. The summed E-state index contributed by atoms with van der Waals surface area (Å²) in [6.07, 6.45) is 3.22. The number of benzene rings is 1. The Morgan fingerprint density at radius 3 is 2.36 bits per heavy atom. The maximum absolute atomic E-state index is 5.98. The number of rotatable bonds is 5. The van der Waals surface area contributed by atoms with Crippen LogP contribution >= 0.6 is 11.3 Å². The summed E-state index contributed by atoms with van der Waals surface area (Å²) < 4.78 is 0. The fraction of sp³-hybridized carbons (Fsp3) is 0.222. The molecule has 22 heavy (non-hydrogen) atoms. The lowest BCUT2D eigenvalue weighted by atomic mass is 9.97. The van der Waals surface area contributed by atoms with Crippen molar-refractivity contribution in [2.75, 3.05) is 5.73 Å². The van der Waals surface area contributed by atoms with Crippen LogP contribution in [0, 0.1) is 0 Å². The summed E-state index contributed by atoms with van der Waals surface area (Å²) in [6.45, 7) is 2.20. The van der Waals surface area contributed by atoms with E-state index in [-0.39, 0.29) is 0 Å². The first-order valence-corrected chi connectivity index (χ1v) is 8.48. The van der Waals surface area contributed by atoms with Crippen LogP contribution in [-0.4, -0.2) is 9.97 Å². The van der Waals surface area contributed by atoms with E-state index in [2.05, 4.69) is 45.9 Å². The Hall–Kier alpha value is -2.20. The summed E-state index contributed by atoms with van der Waals surface area (Å²) >= 11 is 1.67. The van der Waals surface area contributed by atoms with Crippen LogP contribution < -0.4 is 5.73 Å². The van der Waals surface area contributed by atoms with Crippen molar-refractivity contribution in [3.8, 4) is 22.5 Å². The van der Waals surface area contributed by atoms with Crippen LogP contribution in [-0.2, 0) is 6.42 Å². The third kappa shape index (κ3) is 3.02. The second-order valence-corrected chi connectivity index (χ2v) is 6.02. The molecule has 1 aromatic carbocycles. The number of nitrogens with zero attached hydrogens (tertiary/aromatic N) is 2. The van der Waals surface area contributed by atoms with Gasteiger partial charge in [0.15, 0.2) is 0 Å². The molecule has 112 valence electrons. The van der Waals surface area contributed by atoms with E-state index in [1.54, 1.807) is 11.3 Å². The zero-order valence-electron chi connectivity index (χ0n) is 12.6. The van der Waals surface area contributed by atoms with Gasteiger partial charge in [0.2, 0.25) is 5.95 Å². The van der Waals surface area contributed by atoms with Gasteiger partial charge in [0.05, 0.1) is 11.4 Å². The summed E-state index contributed by atoms with van der Waals surface area (Å²) in [6, 6.07) is 12.3. The molecular formula is C18H19N3S. The zero-order valence-corrected chi connectivity index (χ0v) is 13.4. The summed E-state index contributed by atoms with van der Waals surface area (Å²) in [5.74, 6) is 0.334. The quantitative estimate of drug-likeness (QED) is 0.736. The van der Waals surface area contributed by atoms with Gasteiger partial charge in [0, 0.05) is 22.1 Å². The molecule has 3 nitrogen and oxygen atoms in total. The summed E-state index contributed by atoms with van der Waals surface area (Å²) in [5.41, 5.74) is 11.3. The van der Waals surface area contributed by atoms with Crippen LogP contribution in [0.2, 0.25) is 0 Å². The zero-order chi connectivity index (χ0) is 15.4. The van der Waals surface area contributed by atoms with Crippen molar-refractivity contribution in [1.82, 2.24) is 9.97 Å². The Bertz CT molecular complexity index is 737. The number of unbranched alkanes of at least 4 members (excludes halogenated alkanes) is 1. The Morgan fingerprint density at radius 2 is 1.73 bits per heavy atom. The highest BCUT2D eigenvalue weighted by atomic mass is 32.1. The smallest absolute Gasteiger partial charge is 0.221 e. The first-order valence-electron chi connectivity index (χ1n) is 7.54. The van der Waals surface area contributed by atoms with Gasteiger partial charge in [-0.05, 0) is 24.3 Å². The van der Waals surface area contributed by atoms with Crippen LogP contribution in [0.3, 0.4) is 0 Å². The van der Waals surface area contributed by atoms with Crippen LogP contribution in [0.1, 0.15) is 25.3 Å². The molecule has 4 heteroatoms. The topological polar surface area (TPSA) is 51.8 Å². The Balaban J connectivity index is 2.20. The fourth-order valence-electron chi connectivity index (χ4n) is 2.56. The molecule has 0 atom stereocenters. The molecule has 0 bridgehead atoms. The molecule has 0 radical (unpaired) electrons. The van der Waals surface area contributed by atoms with E-state index in [9.17, 15) is 0 Å². The largest absolute Gasteiger partial charge is 0.368 e. The molecule has 0 fully saturated rings. The number of aromatic nitrogens is 2. The molecule has 0 saturated carbocycles. The van der Waals surface area contributed by atoms with E-state index in [0.717, 1.165) is 41.8 Å². The van der Waals surface area contributed by atoms with Gasteiger partial charge in [-0.3, -0.25) is 0 Å². The molecule has 3 aromatic rings. The average Bonchev–Trinajstić information content (AvgIpc) is 3.08. The Morgan fingerprint density at radius 1 is 1.00 bits per heavy atom. The Labute approximate surface area is 134 Å². The minimum atomic E-state index is 0.334. The van der Waals surface area contributed by atoms with E-state index < -0.39 is 0 Å². The monoisotopic (exact) mass is 309 g/mol. The lowest BCUT2D eigenvalue weighted by Gasteiger charge is -2.14. The number of anilines is 1. The standard InChI is InChI=1S/C18H19N3S/c1-2-3-9-15-16(13-7-5-4-6-8-13)20-18(19)21-17(15)14-10-11-22-12-14/h4-8,10-12H,2-3,9H2,1H3,(H2,19,20,21). The molecule has 2 heterocycles. The van der Waals surface area contributed by atoms with Crippen molar-refractivity contribution in [2.24, 2.45) is 0 Å². The number of hydrogen-bond acceptors (Lipinski definition) is 4. The lowest BCUT2D eigenvalue weighted by Crippen LogP contribution is -2.05. The van der Waals surface area contributed by atoms with Gasteiger partial charge in [-0.25, -0.2) is 9.97 Å². The second kappa shape index (κ2) is 6.71. The van der Waals surface area contributed by atoms with Crippen LogP contribution in [0.5, 0.6) is 0 Å². The first kappa shape index (κ1) is 14.7. The highest BCUT2D eigenvalue weighted by Gasteiger charge is 2.16. The van der Waals surface area contributed by atoms with Crippen molar-refractivity contribution in [3.63, 3.8) is 0 Å². The minimum Gasteiger partial charge on any atom is -0.368 e. The molecule has 0 aliphatic rings. The molecule has 2 aromatic heterocycles. The molecule has 0 spiro atoms. The van der Waals surface area contributed by atoms with Crippen LogP contribution in [0.25, 0.3) is 22.5 Å². The van der Waals surface area contributed by atoms with Crippen molar-refractivity contribution >= 4 is 17.3 Å². The van der Waals surface area contributed by atoms with Gasteiger partial charge in [-0.2, -0.15) is 11.3 Å². The normalized spacial score (nSPS) is 10.8. The molecule has 0 saturated heterocycles. The molecule has 0 amide bonds. The minimum absolute atomic E-state index is 0.334. The van der Waals surface area contributed by atoms with Gasteiger partial charge >= 0.3 is 0 Å². The predicted octanol–water partition coefficient (Wildman–Crippen LogP) is 4.80. The second-order valence-electron chi connectivity index (χ2n) is 5.24. The number of nitrogens with two attached hydrogens (primary N) is 1. The number of thiophene rings is 1. The third-order valence-corrected chi connectivity index (χ3v) is 4.33. The van der Waals surface area contributed by atoms with Crippen molar-refractivity contribution < 1.29 is 0 Å². The van der Waals surface area contributed by atoms with Gasteiger partial charge in [0.1, 0.15) is 0 Å². The van der Waals surface area contributed by atoms with Crippen molar-refractivity contribution in [2.45, 2.75) is 26.2 Å². The van der Waals surface area contributed by atoms with Crippen LogP contribution in [0.15, 0.2) is 47.2 Å². The SMILES string of the molecule is CCCCc1c(-c2ccccc2)nc(N)nc1-c1ccsc1. The van der Waals surface area contributed by atoms with E-state index in [4.69, 9.17) is 5.73 Å². The molecule has 0 aliphatic heterocycles. The highest BCUT2D eigenvalue weighted by molar-refractivity contribution is 7.08. The van der Waals surface area contributed by atoms with Gasteiger partial charge in [0.25, 0.3) is 0 Å².